The quantitative estimate of drug-likeness (QED) is 0.730. The normalized spacial score (nSPS) is 13.5. The van der Waals surface area contributed by atoms with Crippen molar-refractivity contribution in [2.24, 2.45) is 0 Å². The van der Waals surface area contributed by atoms with Gasteiger partial charge in [0.2, 0.25) is 0 Å². The molecular weight excluding hydrogens is 295 g/mol. The van der Waals surface area contributed by atoms with Crippen LogP contribution in [-0.4, -0.2) is 10.00 Å². The van der Waals surface area contributed by atoms with E-state index in [2.05, 4.69) is 0 Å². The molecule has 0 aliphatic carbocycles. The first-order chi connectivity index (χ1) is 10.6. The van der Waals surface area contributed by atoms with Crippen molar-refractivity contribution in [1.29, 1.82) is 0 Å². The lowest BCUT2D eigenvalue weighted by Gasteiger charge is -2.17. The monoisotopic (exact) mass is 310 g/mol. The van der Waals surface area contributed by atoms with E-state index >= 15 is 0 Å². The molecule has 22 heavy (non-hydrogen) atoms. The molecule has 4 heteroatoms. The second kappa shape index (κ2) is 5.80. The Labute approximate surface area is 129 Å². The lowest BCUT2D eigenvalue weighted by molar-refractivity contribution is 0.475. The molecule has 0 spiro atoms. The van der Waals surface area contributed by atoms with Crippen molar-refractivity contribution in [1.82, 2.24) is 0 Å². The molecule has 0 aliphatic rings. The maximum Gasteiger partial charge on any atom is 0.259 e. The molecule has 0 amide bonds. The first-order valence-corrected chi connectivity index (χ1v) is 8.52. The third-order valence-corrected chi connectivity index (χ3v) is 5.54. The predicted octanol–water partition coefficient (Wildman–Crippen LogP) is 3.28. The van der Waals surface area contributed by atoms with Crippen LogP contribution in [0.3, 0.4) is 0 Å². The number of phenolic OH excluding ortho intramolecular Hbond substituents is 1. The topological polar surface area (TPSA) is 57.5 Å². The highest BCUT2D eigenvalue weighted by Gasteiger charge is 2.27. The minimum absolute atomic E-state index is 0.0654. The van der Waals surface area contributed by atoms with Crippen molar-refractivity contribution in [3.05, 3.63) is 78.9 Å². The van der Waals surface area contributed by atoms with Crippen LogP contribution in [0.1, 0.15) is 0 Å². The van der Waals surface area contributed by atoms with Crippen LogP contribution in [0.5, 0.6) is 5.75 Å². The van der Waals surface area contributed by atoms with Gasteiger partial charge in [-0.15, -0.1) is 0 Å². The first-order valence-electron chi connectivity index (χ1n) is 6.86. The van der Waals surface area contributed by atoms with Crippen molar-refractivity contribution >= 4 is 18.0 Å². The highest BCUT2D eigenvalue weighted by atomic mass is 31.2. The Morgan fingerprint density at radius 3 is 2.00 bits per heavy atom. The van der Waals surface area contributed by atoms with Gasteiger partial charge in [-0.1, -0.05) is 48.5 Å². The van der Waals surface area contributed by atoms with Crippen LogP contribution in [0, 0.1) is 0 Å². The van der Waals surface area contributed by atoms with Crippen molar-refractivity contribution < 1.29 is 14.6 Å². The van der Waals surface area contributed by atoms with E-state index < -0.39 is 7.37 Å². The number of aromatic hydroxyl groups is 1. The highest BCUT2D eigenvalue weighted by Crippen LogP contribution is 2.42. The van der Waals surface area contributed by atoms with Crippen molar-refractivity contribution in [3.8, 4) is 16.9 Å². The summed E-state index contributed by atoms with van der Waals surface area (Å²) in [6, 6.07) is 22.3. The summed E-state index contributed by atoms with van der Waals surface area (Å²) in [5.74, 6) is 0.0654. The molecular formula is C18H15O3P. The molecule has 0 bridgehead atoms. The Morgan fingerprint density at radius 1 is 0.773 bits per heavy atom. The summed E-state index contributed by atoms with van der Waals surface area (Å²) >= 11 is 0. The maximum absolute atomic E-state index is 13.0. The summed E-state index contributed by atoms with van der Waals surface area (Å²) < 4.78 is 13.0. The van der Waals surface area contributed by atoms with Gasteiger partial charge in [-0.25, -0.2) is 0 Å². The number of rotatable bonds is 3. The number of hydrogen-bond acceptors (Lipinski definition) is 2. The second-order valence-electron chi connectivity index (χ2n) is 4.98. The molecule has 1 atom stereocenters. The fourth-order valence-corrected chi connectivity index (χ4v) is 4.06. The molecule has 0 saturated carbocycles. The third-order valence-electron chi connectivity index (χ3n) is 3.50. The van der Waals surface area contributed by atoms with Gasteiger partial charge in [0, 0.05) is 10.6 Å². The molecule has 3 nitrogen and oxygen atoms in total. The standard InChI is InChI=1S/C18H15O3P/c19-15-11-12-18(17(13-15)14-7-3-1-4-8-14)22(20,21)16-9-5-2-6-10-16/h1-13,19H,(H,20,21). The van der Waals surface area contributed by atoms with Gasteiger partial charge in [-0.3, -0.25) is 4.57 Å². The number of phenols is 1. The molecule has 2 N–H and O–H groups in total. The van der Waals surface area contributed by atoms with Gasteiger partial charge < -0.3 is 10.00 Å². The zero-order chi connectivity index (χ0) is 15.6. The van der Waals surface area contributed by atoms with Crippen LogP contribution in [0.25, 0.3) is 11.1 Å². The zero-order valence-electron chi connectivity index (χ0n) is 11.8. The van der Waals surface area contributed by atoms with Crippen LogP contribution < -0.4 is 10.6 Å². The van der Waals surface area contributed by atoms with E-state index in [0.29, 0.717) is 16.2 Å². The summed E-state index contributed by atoms with van der Waals surface area (Å²) in [6.07, 6.45) is 0. The third kappa shape index (κ3) is 2.69. The highest BCUT2D eigenvalue weighted by molar-refractivity contribution is 7.73. The van der Waals surface area contributed by atoms with Crippen LogP contribution in [0.15, 0.2) is 78.9 Å². The molecule has 1 unspecified atom stereocenters. The van der Waals surface area contributed by atoms with Crippen LogP contribution in [0.2, 0.25) is 0 Å². The molecule has 3 aromatic rings. The first kappa shape index (κ1) is 14.6. The molecule has 3 aromatic carbocycles. The van der Waals surface area contributed by atoms with Crippen molar-refractivity contribution in [2.75, 3.05) is 0 Å². The fourth-order valence-electron chi connectivity index (χ4n) is 2.41. The Balaban J connectivity index is 2.22. The molecule has 0 aliphatic heterocycles. The molecule has 0 radical (unpaired) electrons. The van der Waals surface area contributed by atoms with E-state index in [0.717, 1.165) is 5.56 Å². The van der Waals surface area contributed by atoms with Gasteiger partial charge >= 0.3 is 0 Å². The molecule has 0 heterocycles. The van der Waals surface area contributed by atoms with Gasteiger partial charge in [-0.2, -0.15) is 0 Å². The maximum atomic E-state index is 13.0. The largest absolute Gasteiger partial charge is 0.508 e. The number of benzene rings is 3. The summed E-state index contributed by atoms with van der Waals surface area (Å²) in [4.78, 5) is 10.7. The fraction of sp³-hybridized carbons (Fsp3) is 0. The average Bonchev–Trinajstić information content (AvgIpc) is 2.56. The lowest BCUT2D eigenvalue weighted by Crippen LogP contribution is -2.17. The number of hydrogen-bond donors (Lipinski definition) is 2. The second-order valence-corrected chi connectivity index (χ2v) is 7.13. The van der Waals surface area contributed by atoms with Gasteiger partial charge in [0.05, 0.1) is 0 Å². The van der Waals surface area contributed by atoms with E-state index in [9.17, 15) is 14.6 Å². The molecule has 110 valence electrons. The SMILES string of the molecule is O=P(O)(c1ccccc1)c1ccc(O)cc1-c1ccccc1. The summed E-state index contributed by atoms with van der Waals surface area (Å²) in [5, 5.41) is 10.5. The molecule has 0 saturated heterocycles. The smallest absolute Gasteiger partial charge is 0.259 e. The van der Waals surface area contributed by atoms with Gasteiger partial charge in [0.1, 0.15) is 5.75 Å². The van der Waals surface area contributed by atoms with E-state index in [1.807, 2.05) is 30.3 Å². The summed E-state index contributed by atoms with van der Waals surface area (Å²) in [6.45, 7) is 0. The Bertz CT molecular complexity index is 829. The van der Waals surface area contributed by atoms with E-state index in [-0.39, 0.29) is 5.75 Å². The lowest BCUT2D eigenvalue weighted by atomic mass is 10.1. The van der Waals surface area contributed by atoms with Crippen LogP contribution >= 0.6 is 7.37 Å². The van der Waals surface area contributed by atoms with E-state index in [1.54, 1.807) is 30.3 Å². The van der Waals surface area contributed by atoms with E-state index in [1.165, 1.54) is 18.2 Å². The Hall–Kier alpha value is -2.35. The molecule has 3 rings (SSSR count). The minimum atomic E-state index is -3.73. The van der Waals surface area contributed by atoms with Crippen LogP contribution in [-0.2, 0) is 4.57 Å². The van der Waals surface area contributed by atoms with Gasteiger partial charge in [-0.05, 0) is 41.5 Å². The molecule has 0 fully saturated rings. The van der Waals surface area contributed by atoms with E-state index in [4.69, 9.17) is 0 Å². The average molecular weight is 310 g/mol. The summed E-state index contributed by atoms with van der Waals surface area (Å²) in [7, 11) is -3.73. The van der Waals surface area contributed by atoms with Crippen molar-refractivity contribution in [3.63, 3.8) is 0 Å². The van der Waals surface area contributed by atoms with Gasteiger partial charge in [0.15, 0.2) is 0 Å². The molecule has 0 aromatic heterocycles. The minimum Gasteiger partial charge on any atom is -0.508 e. The summed E-state index contributed by atoms with van der Waals surface area (Å²) in [5.41, 5.74) is 1.36. The predicted molar refractivity (Wildman–Crippen MR) is 89.1 cm³/mol. The Kier molecular flexibility index (Phi) is 3.84. The zero-order valence-corrected chi connectivity index (χ0v) is 12.6. The van der Waals surface area contributed by atoms with Crippen LogP contribution in [0.4, 0.5) is 0 Å². The van der Waals surface area contributed by atoms with Crippen molar-refractivity contribution in [2.45, 2.75) is 0 Å². The Morgan fingerprint density at radius 2 is 1.36 bits per heavy atom. The van der Waals surface area contributed by atoms with Gasteiger partial charge in [0.25, 0.3) is 7.37 Å².